The first-order valence-electron chi connectivity index (χ1n) is 33.2. The van der Waals surface area contributed by atoms with E-state index in [9.17, 15) is 0 Å². The number of benzene rings is 14. The van der Waals surface area contributed by atoms with Gasteiger partial charge in [0, 0.05) is 95.3 Å². The first-order chi connectivity index (χ1) is 49.5. The van der Waals surface area contributed by atoms with E-state index in [0.717, 1.165) is 105 Å². The maximum Gasteiger partial charge on any atom is 0.164 e. The number of hydrogen-bond donors (Lipinski definition) is 0. The molecule has 468 valence electrons. The molecule has 0 N–H and O–H groups in total. The number of hydrogen-bond acceptors (Lipinski definition) is 10. The van der Waals surface area contributed by atoms with Crippen molar-refractivity contribution in [3.05, 3.63) is 328 Å². The van der Waals surface area contributed by atoms with Crippen molar-refractivity contribution >= 4 is 107 Å². The maximum atomic E-state index is 6.48. The minimum Gasteiger partial charge on any atom is -0.456 e. The third kappa shape index (κ3) is 10.7. The van der Waals surface area contributed by atoms with Gasteiger partial charge < -0.3 is 8.83 Å². The Morgan fingerprint density at radius 3 is 1.07 bits per heavy atom. The molecule has 0 spiro atoms. The molecule has 20 rings (SSSR count). The molecule has 0 aliphatic rings. The molecule has 0 saturated carbocycles. The van der Waals surface area contributed by atoms with Gasteiger partial charge in [0.15, 0.2) is 34.9 Å². The number of rotatable bonds is 10. The molecule has 100 heavy (non-hydrogen) atoms. The summed E-state index contributed by atoms with van der Waals surface area (Å²) in [4.78, 5) is 30.6. The Morgan fingerprint density at radius 2 is 0.540 bits per heavy atom. The lowest BCUT2D eigenvalue weighted by Crippen LogP contribution is -2.00. The Balaban J connectivity index is 0.000000139. The molecule has 10 heteroatoms. The SMILES string of the molecule is c1ccc(-c2ccc3c(c2)oc2cc(-c4nc(-c5ccccc5)nc(-c5cccc6sc7ccc(-c8ccccc8)cc7c56)n4)ccc23)cc1.c1ccc(-c2ccc3c(c2)sc2cc(-c4nc(-c5ccccc5)nc(-c5cccc6oc7ccc(-c8ccccc8)cc7c56)n4)ccc23)cc1. The molecule has 14 aromatic carbocycles. The summed E-state index contributed by atoms with van der Waals surface area (Å²) in [6.07, 6.45) is 0. The zero-order valence-electron chi connectivity index (χ0n) is 53.5. The lowest BCUT2D eigenvalue weighted by atomic mass is 10.0. The Labute approximate surface area is 582 Å². The van der Waals surface area contributed by atoms with Crippen molar-refractivity contribution in [3.63, 3.8) is 0 Å². The Morgan fingerprint density at radius 1 is 0.180 bits per heavy atom. The monoisotopic (exact) mass is 1310 g/mol. The van der Waals surface area contributed by atoms with E-state index < -0.39 is 0 Å². The van der Waals surface area contributed by atoms with E-state index in [-0.39, 0.29) is 0 Å². The quantitative estimate of drug-likeness (QED) is 0.133. The largest absolute Gasteiger partial charge is 0.456 e. The van der Waals surface area contributed by atoms with Crippen LogP contribution in [0.15, 0.2) is 336 Å². The standard InChI is InChI=1S/2C45H27N3OS/c1-4-11-28(12-5-1)31-21-24-40-37(25-31)42-36(17-10-18-41(42)50-40)45-47-43(30-15-8-3-9-16-30)46-44(48-45)33-20-23-35-34-22-19-32(29-13-6-2-7-14-29)26-38(34)49-39(35)27-33;1-4-11-28(12-5-1)31-21-24-38-37(25-31)42-36(17-10-18-39(42)49-38)45-47-43(30-15-8-3-9-16-30)46-44(48-45)33-20-23-35-34-22-19-32(29-13-6-2-7-14-29)26-40(34)50-41(35)27-33/h2*1-27H. The van der Waals surface area contributed by atoms with Crippen LogP contribution in [-0.4, -0.2) is 29.9 Å². The zero-order valence-corrected chi connectivity index (χ0v) is 55.1. The zero-order chi connectivity index (χ0) is 66.0. The second kappa shape index (κ2) is 24.7. The van der Waals surface area contributed by atoms with Crippen LogP contribution in [0.2, 0.25) is 0 Å². The number of thiophene rings is 2. The molecular weight excluding hydrogens is 1260 g/mol. The van der Waals surface area contributed by atoms with Crippen LogP contribution >= 0.6 is 22.7 Å². The van der Waals surface area contributed by atoms with Gasteiger partial charge >= 0.3 is 0 Å². The van der Waals surface area contributed by atoms with Crippen LogP contribution < -0.4 is 0 Å². The van der Waals surface area contributed by atoms with Crippen LogP contribution in [0, 0.1) is 0 Å². The van der Waals surface area contributed by atoms with E-state index in [2.05, 4.69) is 243 Å². The van der Waals surface area contributed by atoms with Gasteiger partial charge in [-0.15, -0.1) is 22.7 Å². The van der Waals surface area contributed by atoms with Crippen molar-refractivity contribution in [2.45, 2.75) is 0 Å². The van der Waals surface area contributed by atoms with Gasteiger partial charge in [0.1, 0.15) is 22.3 Å². The van der Waals surface area contributed by atoms with Crippen LogP contribution in [0.3, 0.4) is 0 Å². The van der Waals surface area contributed by atoms with E-state index in [1.165, 1.54) is 57.2 Å². The minimum absolute atomic E-state index is 0.600. The molecule has 6 heterocycles. The van der Waals surface area contributed by atoms with Gasteiger partial charge in [-0.2, -0.15) is 0 Å². The molecule has 0 unspecified atom stereocenters. The Kier molecular flexibility index (Phi) is 14.4. The lowest BCUT2D eigenvalue weighted by Gasteiger charge is -2.10. The normalized spacial score (nSPS) is 11.6. The average molecular weight is 1320 g/mol. The van der Waals surface area contributed by atoms with Crippen LogP contribution in [-0.2, 0) is 0 Å². The fourth-order valence-electron chi connectivity index (χ4n) is 13.8. The number of fused-ring (bicyclic) bond motifs is 12. The molecule has 8 nitrogen and oxygen atoms in total. The van der Waals surface area contributed by atoms with Gasteiger partial charge in [-0.25, -0.2) is 29.9 Å². The van der Waals surface area contributed by atoms with Crippen LogP contribution in [0.1, 0.15) is 0 Å². The van der Waals surface area contributed by atoms with Crippen molar-refractivity contribution in [3.8, 4) is 113 Å². The van der Waals surface area contributed by atoms with Gasteiger partial charge in [-0.1, -0.05) is 255 Å². The molecule has 6 aromatic heterocycles. The van der Waals surface area contributed by atoms with Gasteiger partial charge in [-0.3, -0.25) is 0 Å². The van der Waals surface area contributed by atoms with E-state index in [1.54, 1.807) is 22.7 Å². The predicted molar refractivity (Wildman–Crippen MR) is 414 cm³/mol. The van der Waals surface area contributed by atoms with Gasteiger partial charge in [-0.05, 0) is 117 Å². The molecule has 20 aromatic rings. The fourth-order valence-corrected chi connectivity index (χ4v) is 16.1. The van der Waals surface area contributed by atoms with Crippen LogP contribution in [0.5, 0.6) is 0 Å². The number of nitrogens with zero attached hydrogens (tertiary/aromatic N) is 6. The van der Waals surface area contributed by atoms with Crippen molar-refractivity contribution in [2.75, 3.05) is 0 Å². The summed E-state index contributed by atoms with van der Waals surface area (Å²) < 4.78 is 17.7. The van der Waals surface area contributed by atoms with Crippen LogP contribution in [0.4, 0.5) is 0 Å². The van der Waals surface area contributed by atoms with Crippen molar-refractivity contribution < 1.29 is 8.83 Å². The second-order valence-electron chi connectivity index (χ2n) is 24.8. The van der Waals surface area contributed by atoms with Gasteiger partial charge in [0.2, 0.25) is 0 Å². The summed E-state index contributed by atoms with van der Waals surface area (Å²) in [5.74, 6) is 3.74. The Bertz CT molecular complexity index is 6120. The highest BCUT2D eigenvalue weighted by Gasteiger charge is 2.22. The summed E-state index contributed by atoms with van der Waals surface area (Å²) in [7, 11) is 0. The molecule has 0 radical (unpaired) electrons. The predicted octanol–water partition coefficient (Wildman–Crippen LogP) is 24.9. The summed E-state index contributed by atoms with van der Waals surface area (Å²) in [5.41, 5.74) is 18.2. The molecule has 0 aliphatic heterocycles. The summed E-state index contributed by atoms with van der Waals surface area (Å²) >= 11 is 3.60. The smallest absolute Gasteiger partial charge is 0.164 e. The minimum atomic E-state index is 0.600. The molecule has 0 atom stereocenters. The van der Waals surface area contributed by atoms with E-state index in [4.69, 9.17) is 38.7 Å². The van der Waals surface area contributed by atoms with E-state index in [0.29, 0.717) is 34.9 Å². The summed E-state index contributed by atoms with van der Waals surface area (Å²) in [6.45, 7) is 0. The molecule has 0 amide bonds. The molecule has 0 aliphatic carbocycles. The number of furan rings is 2. The molecular formula is C90H54N6O2S2. The third-order valence-corrected chi connectivity index (χ3v) is 20.9. The van der Waals surface area contributed by atoms with Crippen molar-refractivity contribution in [1.29, 1.82) is 0 Å². The Hall–Kier alpha value is -12.9. The highest BCUT2D eigenvalue weighted by atomic mass is 32.1. The lowest BCUT2D eigenvalue weighted by molar-refractivity contribution is 0.668. The summed E-state index contributed by atoms with van der Waals surface area (Å²) in [6, 6.07) is 114. The van der Waals surface area contributed by atoms with Gasteiger partial charge in [0.25, 0.3) is 0 Å². The van der Waals surface area contributed by atoms with Crippen LogP contribution in [0.25, 0.3) is 197 Å². The fraction of sp³-hybridized carbons (Fsp3) is 0. The first kappa shape index (κ1) is 58.5. The third-order valence-electron chi connectivity index (χ3n) is 18.7. The maximum absolute atomic E-state index is 6.48. The first-order valence-corrected chi connectivity index (χ1v) is 34.8. The number of aromatic nitrogens is 6. The average Bonchev–Trinajstić information content (AvgIpc) is 1.60. The van der Waals surface area contributed by atoms with E-state index in [1.807, 2.05) is 84.9 Å². The highest BCUT2D eigenvalue weighted by molar-refractivity contribution is 7.26. The summed E-state index contributed by atoms with van der Waals surface area (Å²) in [5, 5.41) is 9.00. The molecule has 0 bridgehead atoms. The molecule has 0 saturated heterocycles. The van der Waals surface area contributed by atoms with E-state index >= 15 is 0 Å². The van der Waals surface area contributed by atoms with Gasteiger partial charge in [0.05, 0.1) is 0 Å². The van der Waals surface area contributed by atoms with Crippen molar-refractivity contribution in [2.24, 2.45) is 0 Å². The molecule has 0 fully saturated rings. The topological polar surface area (TPSA) is 104 Å². The van der Waals surface area contributed by atoms with Crippen molar-refractivity contribution in [1.82, 2.24) is 29.9 Å². The highest BCUT2D eigenvalue weighted by Crippen LogP contribution is 2.45. The second-order valence-corrected chi connectivity index (χ2v) is 27.0.